The van der Waals surface area contributed by atoms with Gasteiger partial charge < -0.3 is 10.2 Å². The first-order valence-electron chi connectivity index (χ1n) is 4.53. The molecule has 1 N–H and O–H groups in total. The van der Waals surface area contributed by atoms with Crippen LogP contribution >= 0.6 is 0 Å². The maximum Gasteiger partial charge on any atom is 0.0271 e. The van der Waals surface area contributed by atoms with Crippen molar-refractivity contribution in [2.24, 2.45) is 0 Å². The molecular formula is C10H17N3. The number of hydrogen-bond donors (Lipinski definition) is 1. The van der Waals surface area contributed by atoms with Crippen LogP contribution in [0, 0.1) is 0 Å². The summed E-state index contributed by atoms with van der Waals surface area (Å²) in [5, 5.41) is 3.36. The van der Waals surface area contributed by atoms with Crippen molar-refractivity contribution in [1.29, 1.82) is 0 Å². The van der Waals surface area contributed by atoms with Gasteiger partial charge in [0.05, 0.1) is 0 Å². The molecule has 1 aromatic heterocycles. The average Bonchev–Trinajstić information content (AvgIpc) is 2.14. The number of nitrogens with zero attached hydrogens (tertiary/aromatic N) is 2. The molecule has 0 spiro atoms. The monoisotopic (exact) mass is 179 g/mol. The van der Waals surface area contributed by atoms with Crippen LogP contribution in [-0.2, 0) is 6.54 Å². The average molecular weight is 179 g/mol. The molecule has 0 bridgehead atoms. The maximum atomic E-state index is 3.97. The predicted molar refractivity (Wildman–Crippen MR) is 54.5 cm³/mol. The van der Waals surface area contributed by atoms with Crippen molar-refractivity contribution in [3.63, 3.8) is 0 Å². The SMILES string of the molecule is CN(C)CCNCc1ccncc1. The molecular weight excluding hydrogens is 162 g/mol. The molecule has 0 amide bonds. The summed E-state index contributed by atoms with van der Waals surface area (Å²) >= 11 is 0. The third-order valence-corrected chi connectivity index (χ3v) is 1.81. The number of nitrogens with one attached hydrogen (secondary N) is 1. The van der Waals surface area contributed by atoms with E-state index in [9.17, 15) is 0 Å². The van der Waals surface area contributed by atoms with E-state index in [1.54, 1.807) is 0 Å². The summed E-state index contributed by atoms with van der Waals surface area (Å²) < 4.78 is 0. The van der Waals surface area contributed by atoms with E-state index in [2.05, 4.69) is 29.3 Å². The van der Waals surface area contributed by atoms with Gasteiger partial charge in [0.1, 0.15) is 0 Å². The van der Waals surface area contributed by atoms with E-state index in [-0.39, 0.29) is 0 Å². The Morgan fingerprint density at radius 1 is 1.31 bits per heavy atom. The van der Waals surface area contributed by atoms with Crippen molar-refractivity contribution in [1.82, 2.24) is 15.2 Å². The number of pyridine rings is 1. The summed E-state index contributed by atoms with van der Waals surface area (Å²) in [5.74, 6) is 0. The molecule has 0 fully saturated rings. The molecule has 0 radical (unpaired) electrons. The topological polar surface area (TPSA) is 28.2 Å². The number of likely N-dealkylation sites (N-methyl/N-ethyl adjacent to an activating group) is 1. The molecule has 13 heavy (non-hydrogen) atoms. The minimum Gasteiger partial charge on any atom is -0.311 e. The Kier molecular flexibility index (Phi) is 4.43. The van der Waals surface area contributed by atoms with Crippen molar-refractivity contribution in [2.45, 2.75) is 6.54 Å². The molecule has 1 aromatic rings. The van der Waals surface area contributed by atoms with E-state index < -0.39 is 0 Å². The van der Waals surface area contributed by atoms with Crippen LogP contribution in [0.5, 0.6) is 0 Å². The molecule has 0 saturated carbocycles. The minimum absolute atomic E-state index is 0.927. The molecule has 0 aliphatic carbocycles. The highest BCUT2D eigenvalue weighted by Gasteiger charge is 1.91. The highest BCUT2D eigenvalue weighted by atomic mass is 15.1. The minimum atomic E-state index is 0.927. The molecule has 3 heteroatoms. The molecule has 3 nitrogen and oxygen atoms in total. The van der Waals surface area contributed by atoms with Gasteiger partial charge in [-0.3, -0.25) is 4.98 Å². The summed E-state index contributed by atoms with van der Waals surface area (Å²) in [6.07, 6.45) is 3.64. The zero-order valence-electron chi connectivity index (χ0n) is 8.33. The molecule has 0 saturated heterocycles. The van der Waals surface area contributed by atoms with Gasteiger partial charge in [-0.15, -0.1) is 0 Å². The van der Waals surface area contributed by atoms with E-state index in [1.165, 1.54) is 5.56 Å². The van der Waals surface area contributed by atoms with Crippen LogP contribution in [-0.4, -0.2) is 37.1 Å². The predicted octanol–water partition coefficient (Wildman–Crippen LogP) is 0.733. The van der Waals surface area contributed by atoms with Gasteiger partial charge in [0, 0.05) is 32.0 Å². The summed E-state index contributed by atoms with van der Waals surface area (Å²) in [6, 6.07) is 4.06. The highest BCUT2D eigenvalue weighted by molar-refractivity contribution is 5.08. The van der Waals surface area contributed by atoms with E-state index in [4.69, 9.17) is 0 Å². The maximum absolute atomic E-state index is 3.97. The first-order chi connectivity index (χ1) is 6.29. The van der Waals surface area contributed by atoms with E-state index in [0.717, 1.165) is 19.6 Å². The molecule has 72 valence electrons. The van der Waals surface area contributed by atoms with Crippen molar-refractivity contribution >= 4 is 0 Å². The second-order valence-electron chi connectivity index (χ2n) is 3.34. The Morgan fingerprint density at radius 3 is 2.62 bits per heavy atom. The van der Waals surface area contributed by atoms with E-state index in [1.807, 2.05) is 24.5 Å². The van der Waals surface area contributed by atoms with Gasteiger partial charge in [-0.1, -0.05) is 0 Å². The molecule has 0 aliphatic rings. The molecule has 0 aromatic carbocycles. The van der Waals surface area contributed by atoms with Crippen LogP contribution in [0.3, 0.4) is 0 Å². The van der Waals surface area contributed by atoms with Crippen molar-refractivity contribution in [3.8, 4) is 0 Å². The van der Waals surface area contributed by atoms with Gasteiger partial charge in [0.2, 0.25) is 0 Å². The fourth-order valence-electron chi connectivity index (χ4n) is 1.04. The molecule has 1 rings (SSSR count). The van der Waals surface area contributed by atoms with Crippen LogP contribution in [0.2, 0.25) is 0 Å². The van der Waals surface area contributed by atoms with Crippen LogP contribution < -0.4 is 5.32 Å². The van der Waals surface area contributed by atoms with Crippen LogP contribution in [0.25, 0.3) is 0 Å². The zero-order chi connectivity index (χ0) is 9.52. The zero-order valence-corrected chi connectivity index (χ0v) is 8.33. The Balaban J connectivity index is 2.13. The van der Waals surface area contributed by atoms with E-state index in [0.29, 0.717) is 0 Å². The highest BCUT2D eigenvalue weighted by Crippen LogP contribution is 1.93. The first kappa shape index (κ1) is 10.2. The third-order valence-electron chi connectivity index (χ3n) is 1.81. The smallest absolute Gasteiger partial charge is 0.0271 e. The third kappa shape index (κ3) is 4.60. The second-order valence-corrected chi connectivity index (χ2v) is 3.34. The van der Waals surface area contributed by atoms with Gasteiger partial charge in [-0.2, -0.15) is 0 Å². The van der Waals surface area contributed by atoms with E-state index >= 15 is 0 Å². The lowest BCUT2D eigenvalue weighted by molar-refractivity contribution is 0.400. The number of hydrogen-bond acceptors (Lipinski definition) is 3. The lowest BCUT2D eigenvalue weighted by atomic mass is 10.3. The Morgan fingerprint density at radius 2 is 2.00 bits per heavy atom. The largest absolute Gasteiger partial charge is 0.311 e. The van der Waals surface area contributed by atoms with Gasteiger partial charge >= 0.3 is 0 Å². The quantitative estimate of drug-likeness (QED) is 0.675. The molecule has 0 atom stereocenters. The van der Waals surface area contributed by atoms with Gasteiger partial charge in [-0.25, -0.2) is 0 Å². The number of rotatable bonds is 5. The lowest BCUT2D eigenvalue weighted by Crippen LogP contribution is -2.26. The summed E-state index contributed by atoms with van der Waals surface area (Å²) in [4.78, 5) is 6.13. The molecule has 0 aliphatic heterocycles. The molecule has 1 heterocycles. The summed E-state index contributed by atoms with van der Waals surface area (Å²) in [6.45, 7) is 3.02. The Labute approximate surface area is 79.8 Å². The number of aromatic nitrogens is 1. The van der Waals surface area contributed by atoms with Crippen LogP contribution in [0.1, 0.15) is 5.56 Å². The Bertz CT molecular complexity index is 221. The Hall–Kier alpha value is -0.930. The lowest BCUT2D eigenvalue weighted by Gasteiger charge is -2.09. The van der Waals surface area contributed by atoms with Gasteiger partial charge in [0.25, 0.3) is 0 Å². The van der Waals surface area contributed by atoms with Gasteiger partial charge in [0.15, 0.2) is 0 Å². The first-order valence-corrected chi connectivity index (χ1v) is 4.53. The van der Waals surface area contributed by atoms with Crippen molar-refractivity contribution in [3.05, 3.63) is 30.1 Å². The fraction of sp³-hybridized carbons (Fsp3) is 0.500. The van der Waals surface area contributed by atoms with Crippen LogP contribution in [0.15, 0.2) is 24.5 Å². The summed E-state index contributed by atoms with van der Waals surface area (Å²) in [7, 11) is 4.15. The van der Waals surface area contributed by atoms with Crippen molar-refractivity contribution in [2.75, 3.05) is 27.2 Å². The fourth-order valence-corrected chi connectivity index (χ4v) is 1.04. The van der Waals surface area contributed by atoms with Crippen LogP contribution in [0.4, 0.5) is 0 Å². The summed E-state index contributed by atoms with van der Waals surface area (Å²) in [5.41, 5.74) is 1.29. The normalized spacial score (nSPS) is 10.7. The molecule has 0 unspecified atom stereocenters. The van der Waals surface area contributed by atoms with Crippen molar-refractivity contribution < 1.29 is 0 Å². The standard InChI is InChI=1S/C10H17N3/c1-13(2)8-7-12-9-10-3-5-11-6-4-10/h3-6,12H,7-9H2,1-2H3. The second kappa shape index (κ2) is 5.67. The van der Waals surface area contributed by atoms with Gasteiger partial charge in [-0.05, 0) is 31.8 Å².